The molecule has 1 aromatic heterocycles. The standard InChI is InChI=1S/C21H22N2O2/c1-25-18-8-6-15(7-9-18)12-21(24)23-11-10-17(14-23)20-13-16-4-2-3-5-19(16)22-20/h2-9,13,17,22H,10-12,14H2,1H3. The number of amides is 1. The molecule has 3 aromatic rings. The van der Waals surface area contributed by atoms with Crippen molar-refractivity contribution >= 4 is 16.8 Å². The van der Waals surface area contributed by atoms with E-state index in [4.69, 9.17) is 4.74 Å². The molecule has 0 bridgehead atoms. The fourth-order valence-corrected chi connectivity index (χ4v) is 3.59. The molecule has 1 amide bonds. The summed E-state index contributed by atoms with van der Waals surface area (Å²) in [5.74, 6) is 1.41. The highest BCUT2D eigenvalue weighted by molar-refractivity contribution is 5.81. The fourth-order valence-electron chi connectivity index (χ4n) is 3.59. The van der Waals surface area contributed by atoms with Crippen LogP contribution in [0.1, 0.15) is 23.6 Å². The molecule has 128 valence electrons. The number of aromatic nitrogens is 1. The molecule has 1 aliphatic rings. The molecule has 4 rings (SSSR count). The van der Waals surface area contributed by atoms with Crippen molar-refractivity contribution in [3.63, 3.8) is 0 Å². The number of aromatic amines is 1. The van der Waals surface area contributed by atoms with Gasteiger partial charge in [-0.15, -0.1) is 0 Å². The lowest BCUT2D eigenvalue weighted by molar-refractivity contribution is -0.129. The van der Waals surface area contributed by atoms with E-state index in [1.807, 2.05) is 35.2 Å². The summed E-state index contributed by atoms with van der Waals surface area (Å²) in [6.45, 7) is 1.62. The molecule has 4 heteroatoms. The Morgan fingerprint density at radius 2 is 2.00 bits per heavy atom. The van der Waals surface area contributed by atoms with Gasteiger partial charge in [-0.05, 0) is 41.6 Å². The van der Waals surface area contributed by atoms with Gasteiger partial charge in [-0.2, -0.15) is 0 Å². The number of hydrogen-bond donors (Lipinski definition) is 1. The van der Waals surface area contributed by atoms with E-state index in [9.17, 15) is 4.79 Å². The molecule has 0 saturated carbocycles. The van der Waals surface area contributed by atoms with E-state index in [1.54, 1.807) is 7.11 Å². The molecule has 4 nitrogen and oxygen atoms in total. The minimum atomic E-state index is 0.198. The highest BCUT2D eigenvalue weighted by Gasteiger charge is 2.28. The molecule has 2 heterocycles. The van der Waals surface area contributed by atoms with Crippen LogP contribution in [-0.4, -0.2) is 36.0 Å². The van der Waals surface area contributed by atoms with Gasteiger partial charge in [0.05, 0.1) is 13.5 Å². The molecular weight excluding hydrogens is 312 g/mol. The first-order chi connectivity index (χ1) is 12.2. The number of nitrogens with one attached hydrogen (secondary N) is 1. The van der Waals surface area contributed by atoms with E-state index in [2.05, 4.69) is 29.2 Å². The number of ether oxygens (including phenoxy) is 1. The third-order valence-corrected chi connectivity index (χ3v) is 5.05. The van der Waals surface area contributed by atoms with Crippen LogP contribution < -0.4 is 4.74 Å². The van der Waals surface area contributed by atoms with Crippen molar-refractivity contribution in [2.75, 3.05) is 20.2 Å². The summed E-state index contributed by atoms with van der Waals surface area (Å²) in [5, 5.41) is 1.24. The number of carbonyl (C=O) groups is 1. The molecule has 0 aliphatic carbocycles. The maximum absolute atomic E-state index is 12.6. The van der Waals surface area contributed by atoms with Gasteiger partial charge < -0.3 is 14.6 Å². The Morgan fingerprint density at radius 1 is 1.20 bits per heavy atom. The molecule has 0 spiro atoms. The molecule has 1 fully saturated rings. The zero-order valence-corrected chi connectivity index (χ0v) is 14.4. The van der Waals surface area contributed by atoms with Gasteiger partial charge in [0.1, 0.15) is 5.75 Å². The van der Waals surface area contributed by atoms with Crippen molar-refractivity contribution in [3.8, 4) is 5.75 Å². The Morgan fingerprint density at radius 3 is 2.76 bits per heavy atom. The monoisotopic (exact) mass is 334 g/mol. The van der Waals surface area contributed by atoms with E-state index in [0.717, 1.165) is 30.8 Å². The van der Waals surface area contributed by atoms with E-state index < -0.39 is 0 Å². The molecule has 1 unspecified atom stereocenters. The number of carbonyl (C=O) groups excluding carboxylic acids is 1. The Hall–Kier alpha value is -2.75. The lowest BCUT2D eigenvalue weighted by atomic mass is 10.1. The average molecular weight is 334 g/mol. The molecule has 1 aliphatic heterocycles. The van der Waals surface area contributed by atoms with Crippen LogP contribution in [-0.2, 0) is 11.2 Å². The second-order valence-corrected chi connectivity index (χ2v) is 6.66. The van der Waals surface area contributed by atoms with Gasteiger partial charge in [-0.3, -0.25) is 4.79 Å². The third kappa shape index (κ3) is 3.25. The number of benzene rings is 2. The number of methoxy groups -OCH3 is 1. The fraction of sp³-hybridized carbons (Fsp3) is 0.286. The van der Waals surface area contributed by atoms with Crippen LogP contribution in [0.2, 0.25) is 0 Å². The van der Waals surface area contributed by atoms with Gasteiger partial charge in [0.2, 0.25) is 5.91 Å². The first kappa shape index (κ1) is 15.8. The van der Waals surface area contributed by atoms with Gasteiger partial charge in [0, 0.05) is 30.2 Å². The van der Waals surface area contributed by atoms with E-state index >= 15 is 0 Å². The Bertz CT molecular complexity index is 849. The minimum absolute atomic E-state index is 0.198. The Balaban J connectivity index is 1.41. The summed E-state index contributed by atoms with van der Waals surface area (Å²) in [6.07, 6.45) is 1.46. The number of H-pyrrole nitrogens is 1. The average Bonchev–Trinajstić information content (AvgIpc) is 3.29. The highest BCUT2D eigenvalue weighted by Crippen LogP contribution is 2.29. The topological polar surface area (TPSA) is 45.3 Å². The smallest absolute Gasteiger partial charge is 0.227 e. The van der Waals surface area contributed by atoms with Crippen molar-refractivity contribution in [3.05, 3.63) is 65.9 Å². The predicted molar refractivity (Wildman–Crippen MR) is 98.9 cm³/mol. The van der Waals surface area contributed by atoms with Crippen LogP contribution in [0.3, 0.4) is 0 Å². The van der Waals surface area contributed by atoms with Crippen LogP contribution in [0, 0.1) is 0 Å². The number of rotatable bonds is 4. The normalized spacial score (nSPS) is 17.2. The van der Waals surface area contributed by atoms with E-state index in [1.165, 1.54) is 16.6 Å². The van der Waals surface area contributed by atoms with Crippen molar-refractivity contribution in [1.29, 1.82) is 0 Å². The van der Waals surface area contributed by atoms with Crippen molar-refractivity contribution in [1.82, 2.24) is 9.88 Å². The lowest BCUT2D eigenvalue weighted by Crippen LogP contribution is -2.29. The van der Waals surface area contributed by atoms with Crippen molar-refractivity contribution in [2.45, 2.75) is 18.8 Å². The molecule has 25 heavy (non-hydrogen) atoms. The molecule has 1 saturated heterocycles. The maximum Gasteiger partial charge on any atom is 0.227 e. The van der Waals surface area contributed by atoms with E-state index in [-0.39, 0.29) is 5.91 Å². The van der Waals surface area contributed by atoms with Gasteiger partial charge in [0.25, 0.3) is 0 Å². The second-order valence-electron chi connectivity index (χ2n) is 6.66. The minimum Gasteiger partial charge on any atom is -0.497 e. The quantitative estimate of drug-likeness (QED) is 0.790. The number of para-hydroxylation sites is 1. The number of fused-ring (bicyclic) bond motifs is 1. The summed E-state index contributed by atoms with van der Waals surface area (Å²) in [7, 11) is 1.65. The third-order valence-electron chi connectivity index (χ3n) is 5.05. The predicted octanol–water partition coefficient (Wildman–Crippen LogP) is 3.74. The zero-order valence-electron chi connectivity index (χ0n) is 14.4. The summed E-state index contributed by atoms with van der Waals surface area (Å²) >= 11 is 0. The van der Waals surface area contributed by atoms with Crippen molar-refractivity contribution < 1.29 is 9.53 Å². The molecular formula is C21H22N2O2. The SMILES string of the molecule is COc1ccc(CC(=O)N2CCC(c3cc4ccccc4[nH]3)C2)cc1. The van der Waals surface area contributed by atoms with Gasteiger partial charge in [-0.25, -0.2) is 0 Å². The van der Waals surface area contributed by atoms with Gasteiger partial charge in [-0.1, -0.05) is 30.3 Å². The van der Waals surface area contributed by atoms with Crippen LogP contribution in [0.15, 0.2) is 54.6 Å². The van der Waals surface area contributed by atoms with Gasteiger partial charge >= 0.3 is 0 Å². The Kier molecular flexibility index (Phi) is 4.18. The van der Waals surface area contributed by atoms with E-state index in [0.29, 0.717) is 12.3 Å². The van der Waals surface area contributed by atoms with Crippen LogP contribution in [0.4, 0.5) is 0 Å². The maximum atomic E-state index is 12.6. The Labute approximate surface area is 147 Å². The first-order valence-corrected chi connectivity index (χ1v) is 8.71. The summed E-state index contributed by atoms with van der Waals surface area (Å²) in [5.41, 5.74) is 3.43. The summed E-state index contributed by atoms with van der Waals surface area (Å²) in [6, 6.07) is 18.3. The summed E-state index contributed by atoms with van der Waals surface area (Å²) < 4.78 is 5.16. The van der Waals surface area contributed by atoms with Crippen LogP contribution >= 0.6 is 0 Å². The van der Waals surface area contributed by atoms with Crippen LogP contribution in [0.5, 0.6) is 5.75 Å². The molecule has 2 aromatic carbocycles. The number of nitrogens with zero attached hydrogens (tertiary/aromatic N) is 1. The first-order valence-electron chi connectivity index (χ1n) is 8.71. The second kappa shape index (κ2) is 6.63. The number of likely N-dealkylation sites (tertiary alicyclic amines) is 1. The molecule has 0 radical (unpaired) electrons. The zero-order chi connectivity index (χ0) is 17.2. The molecule has 1 atom stereocenters. The number of hydrogen-bond acceptors (Lipinski definition) is 2. The largest absolute Gasteiger partial charge is 0.497 e. The highest BCUT2D eigenvalue weighted by atomic mass is 16.5. The van der Waals surface area contributed by atoms with Gasteiger partial charge in [0.15, 0.2) is 0 Å². The van der Waals surface area contributed by atoms with Crippen molar-refractivity contribution in [2.24, 2.45) is 0 Å². The summed E-state index contributed by atoms with van der Waals surface area (Å²) in [4.78, 5) is 18.1. The molecule has 1 N–H and O–H groups in total. The lowest BCUT2D eigenvalue weighted by Gasteiger charge is -2.16. The van der Waals surface area contributed by atoms with Crippen LogP contribution in [0.25, 0.3) is 10.9 Å².